The normalized spacial score (nSPS) is 12.0. The minimum atomic E-state index is 0.412. The summed E-state index contributed by atoms with van der Waals surface area (Å²) in [5.74, 6) is 3.35. The Bertz CT molecular complexity index is 804. The summed E-state index contributed by atoms with van der Waals surface area (Å²) in [5, 5.41) is 4.53. The first kappa shape index (κ1) is 16.1. The van der Waals surface area contributed by atoms with Crippen molar-refractivity contribution in [2.24, 2.45) is 0 Å². The third-order valence-electron chi connectivity index (χ3n) is 3.52. The van der Waals surface area contributed by atoms with Crippen LogP contribution in [0.3, 0.4) is 0 Å². The van der Waals surface area contributed by atoms with Gasteiger partial charge in [-0.1, -0.05) is 36.4 Å². The number of benzene rings is 2. The van der Waals surface area contributed by atoms with E-state index in [1.807, 2.05) is 52.8 Å². The number of aromatic nitrogens is 2. The van der Waals surface area contributed by atoms with E-state index in [0.717, 1.165) is 28.7 Å². The van der Waals surface area contributed by atoms with Gasteiger partial charge in [0, 0.05) is 17.1 Å². The third-order valence-corrected chi connectivity index (χ3v) is 4.49. The van der Waals surface area contributed by atoms with Crippen molar-refractivity contribution >= 4 is 24.1 Å². The molecule has 1 aliphatic rings. The number of fused-ring (bicyclic) bond motifs is 1. The molecule has 1 aliphatic heterocycles. The van der Waals surface area contributed by atoms with Crippen molar-refractivity contribution in [3.05, 3.63) is 71.9 Å². The Balaban J connectivity index is 0.000000162. The summed E-state index contributed by atoms with van der Waals surface area (Å²) in [4.78, 5) is 9.75. The number of ether oxygens (including phenoxy) is 1. The van der Waals surface area contributed by atoms with Gasteiger partial charge in [-0.2, -0.15) is 16.9 Å². The fraction of sp³-hybridized carbons (Fsp3) is 0.111. The van der Waals surface area contributed by atoms with Gasteiger partial charge >= 0.3 is 0 Å². The number of nitrogen functional groups attached to an aromatic ring is 1. The molecule has 0 fully saturated rings. The molecule has 6 heteroatoms. The van der Waals surface area contributed by atoms with E-state index in [9.17, 15) is 4.79 Å². The summed E-state index contributed by atoms with van der Waals surface area (Å²) in [7, 11) is 0. The first-order valence-electron chi connectivity index (χ1n) is 7.44. The van der Waals surface area contributed by atoms with Gasteiger partial charge in [-0.3, -0.25) is 4.79 Å². The van der Waals surface area contributed by atoms with Gasteiger partial charge < -0.3 is 10.5 Å². The van der Waals surface area contributed by atoms with Crippen LogP contribution in [0.2, 0.25) is 0 Å². The molecule has 0 bridgehead atoms. The van der Waals surface area contributed by atoms with Crippen LogP contribution in [0.4, 0.5) is 5.82 Å². The highest BCUT2D eigenvalue weighted by molar-refractivity contribution is 7.98. The summed E-state index contributed by atoms with van der Waals surface area (Å²) in [6.07, 6.45) is 0. The van der Waals surface area contributed by atoms with Gasteiger partial charge in [0.25, 0.3) is 6.47 Å². The van der Waals surface area contributed by atoms with Crippen molar-refractivity contribution in [3.8, 4) is 11.4 Å². The standard InChI is InChI=1S/C11H11N3S.C7H6O2/c12-11-9-6-15-7-10(9)13-14(11)8-4-2-1-3-5-8;8-6-9-7-4-2-1-3-5-7/h1-5H,6-7,12H2;1-6H. The number of hydrogen-bond donors (Lipinski definition) is 1. The molecule has 0 spiro atoms. The molecule has 5 nitrogen and oxygen atoms in total. The fourth-order valence-corrected chi connectivity index (χ4v) is 3.40. The minimum Gasteiger partial charge on any atom is -0.429 e. The molecule has 0 unspecified atom stereocenters. The zero-order valence-electron chi connectivity index (χ0n) is 13.0. The van der Waals surface area contributed by atoms with Gasteiger partial charge in [-0.15, -0.1) is 0 Å². The lowest BCUT2D eigenvalue weighted by molar-refractivity contribution is -0.120. The van der Waals surface area contributed by atoms with Crippen LogP contribution in [0.1, 0.15) is 11.3 Å². The number of anilines is 1. The Labute approximate surface area is 144 Å². The van der Waals surface area contributed by atoms with E-state index in [1.54, 1.807) is 24.3 Å². The monoisotopic (exact) mass is 339 g/mol. The summed E-state index contributed by atoms with van der Waals surface area (Å²) in [5.41, 5.74) is 9.46. The Morgan fingerprint density at radius 2 is 1.71 bits per heavy atom. The van der Waals surface area contributed by atoms with Crippen molar-refractivity contribution in [3.63, 3.8) is 0 Å². The van der Waals surface area contributed by atoms with Gasteiger partial charge in [0.05, 0.1) is 11.4 Å². The minimum absolute atomic E-state index is 0.412. The molecule has 4 rings (SSSR count). The third kappa shape index (κ3) is 3.60. The maximum absolute atomic E-state index is 9.75. The maximum atomic E-state index is 9.75. The van der Waals surface area contributed by atoms with Gasteiger partial charge in [-0.05, 0) is 24.3 Å². The van der Waals surface area contributed by atoms with Crippen molar-refractivity contribution in [2.75, 3.05) is 5.73 Å². The summed E-state index contributed by atoms with van der Waals surface area (Å²) in [6.45, 7) is 0.412. The molecule has 24 heavy (non-hydrogen) atoms. The first-order valence-corrected chi connectivity index (χ1v) is 8.60. The second kappa shape index (κ2) is 7.70. The van der Waals surface area contributed by atoms with Crippen LogP contribution in [-0.2, 0) is 16.3 Å². The highest BCUT2D eigenvalue weighted by Gasteiger charge is 2.21. The predicted molar refractivity (Wildman–Crippen MR) is 96.1 cm³/mol. The van der Waals surface area contributed by atoms with Crippen molar-refractivity contribution in [1.29, 1.82) is 0 Å². The number of para-hydroxylation sites is 2. The molecule has 0 atom stereocenters. The second-order valence-electron chi connectivity index (χ2n) is 5.08. The van der Waals surface area contributed by atoms with Crippen molar-refractivity contribution in [1.82, 2.24) is 9.78 Å². The van der Waals surface area contributed by atoms with Crippen LogP contribution in [0.15, 0.2) is 60.7 Å². The number of nitrogens with two attached hydrogens (primary N) is 1. The molecule has 1 aromatic heterocycles. The first-order chi connectivity index (χ1) is 11.8. The largest absolute Gasteiger partial charge is 0.429 e. The summed E-state index contributed by atoms with van der Waals surface area (Å²) < 4.78 is 6.36. The number of carbonyl (C=O) groups excluding carboxylic acids is 1. The highest BCUT2D eigenvalue weighted by Crippen LogP contribution is 2.34. The number of carbonyl (C=O) groups is 1. The molecule has 0 radical (unpaired) electrons. The van der Waals surface area contributed by atoms with E-state index in [4.69, 9.17) is 5.73 Å². The Kier molecular flexibility index (Phi) is 5.18. The second-order valence-corrected chi connectivity index (χ2v) is 6.06. The van der Waals surface area contributed by atoms with Crippen LogP contribution >= 0.6 is 11.8 Å². The lowest BCUT2D eigenvalue weighted by atomic mass is 10.3. The molecular weight excluding hydrogens is 322 g/mol. The smallest absolute Gasteiger partial charge is 0.298 e. The van der Waals surface area contributed by atoms with Gasteiger partial charge in [0.15, 0.2) is 0 Å². The fourth-order valence-electron chi connectivity index (χ4n) is 2.35. The molecule has 0 aliphatic carbocycles. The van der Waals surface area contributed by atoms with Crippen molar-refractivity contribution in [2.45, 2.75) is 11.5 Å². The molecule has 3 aromatic rings. The SMILES string of the molecule is Nc1c2c(nn1-c1ccccc1)CSC2.O=COc1ccccc1. The quantitative estimate of drug-likeness (QED) is 0.740. The van der Waals surface area contributed by atoms with E-state index in [1.165, 1.54) is 5.56 Å². The number of thioether (sulfide) groups is 1. The highest BCUT2D eigenvalue weighted by atomic mass is 32.2. The lowest BCUT2D eigenvalue weighted by Gasteiger charge is -2.04. The predicted octanol–water partition coefficient (Wildman–Crippen LogP) is 3.42. The topological polar surface area (TPSA) is 70.1 Å². The lowest BCUT2D eigenvalue weighted by Crippen LogP contribution is -2.02. The molecule has 2 aromatic carbocycles. The van der Waals surface area contributed by atoms with Crippen LogP contribution in [0, 0.1) is 0 Å². The summed E-state index contributed by atoms with van der Waals surface area (Å²) >= 11 is 1.87. The van der Waals surface area contributed by atoms with Crippen LogP contribution in [0.25, 0.3) is 5.69 Å². The Morgan fingerprint density at radius 3 is 2.33 bits per heavy atom. The van der Waals surface area contributed by atoms with Crippen LogP contribution in [-0.4, -0.2) is 16.3 Å². The molecule has 0 amide bonds. The summed E-state index contributed by atoms with van der Waals surface area (Å²) in [6, 6.07) is 18.9. The van der Waals surface area contributed by atoms with E-state index < -0.39 is 0 Å². The number of nitrogens with zero attached hydrogens (tertiary/aromatic N) is 2. The number of rotatable bonds is 3. The van der Waals surface area contributed by atoms with Crippen molar-refractivity contribution < 1.29 is 9.53 Å². The molecular formula is C18H17N3O2S. The Morgan fingerprint density at radius 1 is 1.04 bits per heavy atom. The molecule has 0 saturated carbocycles. The average Bonchev–Trinajstić information content (AvgIpc) is 3.21. The number of hydrogen-bond acceptors (Lipinski definition) is 5. The molecule has 122 valence electrons. The van der Waals surface area contributed by atoms with Gasteiger partial charge in [0.1, 0.15) is 11.6 Å². The zero-order valence-corrected chi connectivity index (χ0v) is 13.8. The van der Waals surface area contributed by atoms with Gasteiger partial charge in [-0.25, -0.2) is 4.68 Å². The van der Waals surface area contributed by atoms with E-state index in [2.05, 4.69) is 9.84 Å². The van der Waals surface area contributed by atoms with E-state index >= 15 is 0 Å². The van der Waals surface area contributed by atoms with Crippen LogP contribution in [0.5, 0.6) is 5.75 Å². The maximum Gasteiger partial charge on any atom is 0.298 e. The van der Waals surface area contributed by atoms with E-state index in [0.29, 0.717) is 12.2 Å². The average molecular weight is 339 g/mol. The van der Waals surface area contributed by atoms with Crippen LogP contribution < -0.4 is 10.5 Å². The van der Waals surface area contributed by atoms with E-state index in [-0.39, 0.29) is 0 Å². The Hall–Kier alpha value is -2.73. The van der Waals surface area contributed by atoms with Gasteiger partial charge in [0.2, 0.25) is 0 Å². The molecule has 2 N–H and O–H groups in total. The molecule has 2 heterocycles. The molecule has 0 saturated heterocycles. The zero-order chi connectivity index (χ0) is 16.8.